The molecule has 0 saturated heterocycles. The van der Waals surface area contributed by atoms with E-state index in [4.69, 9.17) is 9.47 Å². The highest BCUT2D eigenvalue weighted by Crippen LogP contribution is 2.44. The van der Waals surface area contributed by atoms with Crippen LogP contribution in [0.2, 0.25) is 0 Å². The summed E-state index contributed by atoms with van der Waals surface area (Å²) >= 11 is 2.22. The van der Waals surface area contributed by atoms with Crippen LogP contribution in [-0.2, 0) is 4.79 Å². The number of para-hydroxylation sites is 2. The highest BCUT2D eigenvalue weighted by atomic mass is 127. The normalized spacial score (nSPS) is 12.7. The lowest BCUT2D eigenvalue weighted by atomic mass is 9.88. The van der Waals surface area contributed by atoms with Gasteiger partial charge in [0, 0.05) is 14.7 Å². The van der Waals surface area contributed by atoms with Crippen LogP contribution in [0.1, 0.15) is 17.0 Å². The van der Waals surface area contributed by atoms with Gasteiger partial charge in [0.2, 0.25) is 0 Å². The van der Waals surface area contributed by atoms with Gasteiger partial charge in [-0.15, -0.1) is 0 Å². The number of benzene rings is 3. The summed E-state index contributed by atoms with van der Waals surface area (Å²) < 4.78 is 12.6. The third-order valence-electron chi connectivity index (χ3n) is 3.95. The molecule has 0 saturated carbocycles. The highest BCUT2D eigenvalue weighted by Gasteiger charge is 2.33. The number of ether oxygens (including phenoxy) is 2. The van der Waals surface area contributed by atoms with E-state index >= 15 is 0 Å². The standard InChI is InChI=1S/C20H13IO3/c21-13-9-11-14(12-10-13)23-20(22)19-15-5-1-3-7-17(15)24-18-8-4-2-6-16(18)19/h1-12,19H. The van der Waals surface area contributed by atoms with Crippen molar-refractivity contribution in [2.75, 3.05) is 0 Å². The Morgan fingerprint density at radius 3 is 1.96 bits per heavy atom. The summed E-state index contributed by atoms with van der Waals surface area (Å²) in [6, 6.07) is 22.6. The molecule has 0 spiro atoms. The van der Waals surface area contributed by atoms with Crippen LogP contribution >= 0.6 is 22.6 Å². The average molecular weight is 428 g/mol. The molecule has 3 aromatic rings. The summed E-state index contributed by atoms with van der Waals surface area (Å²) in [5.41, 5.74) is 1.65. The van der Waals surface area contributed by atoms with Gasteiger partial charge < -0.3 is 9.47 Å². The number of hydrogen-bond donors (Lipinski definition) is 0. The first-order valence-electron chi connectivity index (χ1n) is 7.55. The molecule has 24 heavy (non-hydrogen) atoms. The van der Waals surface area contributed by atoms with Gasteiger partial charge in [-0.1, -0.05) is 36.4 Å². The Balaban J connectivity index is 1.74. The molecule has 1 aliphatic rings. The molecule has 3 aromatic carbocycles. The van der Waals surface area contributed by atoms with Crippen LogP contribution in [0.25, 0.3) is 0 Å². The highest BCUT2D eigenvalue weighted by molar-refractivity contribution is 14.1. The van der Waals surface area contributed by atoms with Gasteiger partial charge in [0.25, 0.3) is 0 Å². The zero-order valence-electron chi connectivity index (χ0n) is 12.6. The number of hydrogen-bond acceptors (Lipinski definition) is 3. The maximum absolute atomic E-state index is 12.9. The first kappa shape index (κ1) is 15.2. The topological polar surface area (TPSA) is 35.5 Å². The van der Waals surface area contributed by atoms with E-state index in [9.17, 15) is 4.79 Å². The quantitative estimate of drug-likeness (QED) is 0.323. The number of carbonyl (C=O) groups excluding carboxylic acids is 1. The van der Waals surface area contributed by atoms with E-state index in [0.29, 0.717) is 17.2 Å². The fourth-order valence-electron chi connectivity index (χ4n) is 2.84. The van der Waals surface area contributed by atoms with Crippen molar-refractivity contribution in [1.82, 2.24) is 0 Å². The van der Waals surface area contributed by atoms with Crippen LogP contribution in [0.4, 0.5) is 0 Å². The van der Waals surface area contributed by atoms with Crippen LogP contribution < -0.4 is 9.47 Å². The number of rotatable bonds is 2. The molecule has 3 nitrogen and oxygen atoms in total. The van der Waals surface area contributed by atoms with Crippen molar-refractivity contribution in [3.05, 3.63) is 87.5 Å². The smallest absolute Gasteiger partial charge is 0.323 e. The van der Waals surface area contributed by atoms with Crippen molar-refractivity contribution in [1.29, 1.82) is 0 Å². The summed E-state index contributed by atoms with van der Waals surface area (Å²) in [4.78, 5) is 12.9. The van der Waals surface area contributed by atoms with E-state index in [2.05, 4.69) is 22.6 Å². The molecule has 4 rings (SSSR count). The van der Waals surface area contributed by atoms with E-state index in [0.717, 1.165) is 14.7 Å². The predicted octanol–water partition coefficient (Wildman–Crippen LogP) is 5.13. The molecule has 0 aromatic heterocycles. The van der Waals surface area contributed by atoms with Crippen LogP contribution in [0, 0.1) is 3.57 Å². The van der Waals surface area contributed by atoms with E-state index < -0.39 is 5.92 Å². The van der Waals surface area contributed by atoms with Crippen LogP contribution in [0.5, 0.6) is 17.2 Å². The Bertz CT molecular complexity index is 857. The van der Waals surface area contributed by atoms with Gasteiger partial charge in [-0.05, 0) is 59.0 Å². The third kappa shape index (κ3) is 2.78. The van der Waals surface area contributed by atoms with Crippen LogP contribution in [0.3, 0.4) is 0 Å². The molecule has 1 aliphatic heterocycles. The molecule has 4 heteroatoms. The fraction of sp³-hybridized carbons (Fsp3) is 0.0500. The lowest BCUT2D eigenvalue weighted by Crippen LogP contribution is -2.23. The fourth-order valence-corrected chi connectivity index (χ4v) is 3.20. The Hall–Kier alpha value is -2.34. The van der Waals surface area contributed by atoms with Crippen LogP contribution in [-0.4, -0.2) is 5.97 Å². The van der Waals surface area contributed by atoms with Crippen molar-refractivity contribution < 1.29 is 14.3 Å². The largest absolute Gasteiger partial charge is 0.457 e. The predicted molar refractivity (Wildman–Crippen MR) is 99.6 cm³/mol. The third-order valence-corrected chi connectivity index (χ3v) is 4.67. The van der Waals surface area contributed by atoms with Crippen molar-refractivity contribution in [2.45, 2.75) is 5.92 Å². The number of fused-ring (bicyclic) bond motifs is 2. The van der Waals surface area contributed by atoms with Crippen molar-refractivity contribution in [2.24, 2.45) is 0 Å². The maximum Gasteiger partial charge on any atom is 0.323 e. The SMILES string of the molecule is O=C(Oc1ccc(I)cc1)C1c2ccccc2Oc2ccccc21. The Morgan fingerprint density at radius 1 is 0.833 bits per heavy atom. The van der Waals surface area contributed by atoms with Gasteiger partial charge in [-0.2, -0.15) is 0 Å². The van der Waals surface area contributed by atoms with Crippen LogP contribution in [0.15, 0.2) is 72.8 Å². The monoisotopic (exact) mass is 428 g/mol. The Labute approximate surface area is 153 Å². The molecule has 118 valence electrons. The molecule has 0 fully saturated rings. The first-order valence-corrected chi connectivity index (χ1v) is 8.63. The van der Waals surface area contributed by atoms with Gasteiger partial charge in [-0.25, -0.2) is 0 Å². The van der Waals surface area contributed by atoms with E-state index in [1.807, 2.05) is 60.7 Å². The number of halogens is 1. The van der Waals surface area contributed by atoms with Gasteiger partial charge >= 0.3 is 5.97 Å². The van der Waals surface area contributed by atoms with E-state index in [1.54, 1.807) is 12.1 Å². The molecule has 0 atom stereocenters. The average Bonchev–Trinajstić information content (AvgIpc) is 2.61. The lowest BCUT2D eigenvalue weighted by molar-refractivity contribution is -0.135. The molecular weight excluding hydrogens is 415 g/mol. The van der Waals surface area contributed by atoms with Crippen molar-refractivity contribution in [3.63, 3.8) is 0 Å². The number of esters is 1. The summed E-state index contributed by atoms with van der Waals surface area (Å²) in [5.74, 6) is 1.13. The molecule has 0 bridgehead atoms. The zero-order chi connectivity index (χ0) is 16.5. The maximum atomic E-state index is 12.9. The van der Waals surface area contributed by atoms with Gasteiger partial charge in [-0.3, -0.25) is 4.79 Å². The lowest BCUT2D eigenvalue weighted by Gasteiger charge is -2.26. The molecule has 0 aliphatic carbocycles. The van der Waals surface area contributed by atoms with Crippen molar-refractivity contribution >= 4 is 28.6 Å². The number of carbonyl (C=O) groups is 1. The molecule has 0 radical (unpaired) electrons. The Kier molecular flexibility index (Phi) is 3.98. The second kappa shape index (κ2) is 6.28. The Morgan fingerprint density at radius 2 is 1.38 bits per heavy atom. The molecule has 1 heterocycles. The summed E-state index contributed by atoms with van der Waals surface area (Å²) in [5, 5.41) is 0. The zero-order valence-corrected chi connectivity index (χ0v) is 14.8. The summed E-state index contributed by atoms with van der Waals surface area (Å²) in [6.45, 7) is 0. The molecule has 0 N–H and O–H groups in total. The minimum atomic E-state index is -0.495. The van der Waals surface area contributed by atoms with E-state index in [1.165, 1.54) is 0 Å². The van der Waals surface area contributed by atoms with Gasteiger partial charge in [0.1, 0.15) is 23.2 Å². The summed E-state index contributed by atoms with van der Waals surface area (Å²) in [6.07, 6.45) is 0. The summed E-state index contributed by atoms with van der Waals surface area (Å²) in [7, 11) is 0. The minimum absolute atomic E-state index is 0.306. The minimum Gasteiger partial charge on any atom is -0.457 e. The second-order valence-electron chi connectivity index (χ2n) is 5.49. The molecular formula is C20H13IO3. The first-order chi connectivity index (χ1) is 11.7. The molecule has 0 amide bonds. The second-order valence-corrected chi connectivity index (χ2v) is 6.73. The van der Waals surface area contributed by atoms with E-state index in [-0.39, 0.29) is 5.97 Å². The van der Waals surface area contributed by atoms with Gasteiger partial charge in [0.15, 0.2) is 0 Å². The van der Waals surface area contributed by atoms with Crippen molar-refractivity contribution in [3.8, 4) is 17.2 Å². The van der Waals surface area contributed by atoms with Gasteiger partial charge in [0.05, 0.1) is 0 Å². The molecule has 0 unspecified atom stereocenters.